The van der Waals surface area contributed by atoms with Crippen LogP contribution in [0.15, 0.2) is 0 Å². The standard InChI is InChI=1S/C10H21NO3S/c1-14-6-8-15(12,13)7-5-9-3-2-4-10(9)11/h9-10H,2-8,11H2,1H3. The SMILES string of the molecule is COCCS(=O)(=O)CCC1CCCC1N. The second-order valence-corrected chi connectivity index (χ2v) is 6.59. The van der Waals surface area contributed by atoms with Crippen molar-refractivity contribution in [2.45, 2.75) is 31.7 Å². The molecule has 1 saturated carbocycles. The summed E-state index contributed by atoms with van der Waals surface area (Å²) in [7, 11) is -1.42. The molecule has 0 spiro atoms. The Balaban J connectivity index is 2.29. The molecule has 15 heavy (non-hydrogen) atoms. The Morgan fingerprint density at radius 2 is 2.07 bits per heavy atom. The number of nitrogens with two attached hydrogens (primary N) is 1. The van der Waals surface area contributed by atoms with Crippen LogP contribution in [-0.4, -0.2) is 39.7 Å². The molecule has 4 nitrogen and oxygen atoms in total. The second kappa shape index (κ2) is 5.82. The average Bonchev–Trinajstić information content (AvgIpc) is 2.58. The van der Waals surface area contributed by atoms with Crippen molar-refractivity contribution in [3.63, 3.8) is 0 Å². The van der Waals surface area contributed by atoms with E-state index in [1.165, 1.54) is 7.11 Å². The molecule has 2 atom stereocenters. The fourth-order valence-electron chi connectivity index (χ4n) is 2.07. The van der Waals surface area contributed by atoms with Crippen LogP contribution in [0.4, 0.5) is 0 Å². The summed E-state index contributed by atoms with van der Waals surface area (Å²) in [5.41, 5.74) is 5.89. The molecular weight excluding hydrogens is 214 g/mol. The van der Waals surface area contributed by atoms with E-state index >= 15 is 0 Å². The van der Waals surface area contributed by atoms with Gasteiger partial charge in [-0.05, 0) is 25.2 Å². The van der Waals surface area contributed by atoms with Crippen LogP contribution in [-0.2, 0) is 14.6 Å². The van der Waals surface area contributed by atoms with Crippen molar-refractivity contribution in [2.24, 2.45) is 11.7 Å². The molecule has 1 aliphatic rings. The molecule has 2 N–H and O–H groups in total. The van der Waals surface area contributed by atoms with E-state index in [9.17, 15) is 8.42 Å². The van der Waals surface area contributed by atoms with Gasteiger partial charge in [-0.3, -0.25) is 0 Å². The Bertz CT molecular complexity index is 276. The van der Waals surface area contributed by atoms with Crippen LogP contribution in [0, 0.1) is 5.92 Å². The lowest BCUT2D eigenvalue weighted by Crippen LogP contribution is -2.27. The molecule has 5 heteroatoms. The van der Waals surface area contributed by atoms with E-state index in [1.54, 1.807) is 0 Å². The maximum absolute atomic E-state index is 11.5. The molecule has 1 fully saturated rings. The summed E-state index contributed by atoms with van der Waals surface area (Å²) in [5, 5.41) is 0. The van der Waals surface area contributed by atoms with E-state index in [1.807, 2.05) is 0 Å². The third-order valence-corrected chi connectivity index (χ3v) is 4.76. The molecule has 0 radical (unpaired) electrons. The van der Waals surface area contributed by atoms with Crippen molar-refractivity contribution in [3.8, 4) is 0 Å². The molecule has 0 aromatic rings. The van der Waals surface area contributed by atoms with Gasteiger partial charge in [-0.2, -0.15) is 0 Å². The molecule has 0 aromatic heterocycles. The van der Waals surface area contributed by atoms with Crippen molar-refractivity contribution < 1.29 is 13.2 Å². The largest absolute Gasteiger partial charge is 0.384 e. The second-order valence-electron chi connectivity index (χ2n) is 4.29. The van der Waals surface area contributed by atoms with E-state index in [2.05, 4.69) is 0 Å². The Morgan fingerprint density at radius 1 is 1.33 bits per heavy atom. The number of ether oxygens (including phenoxy) is 1. The zero-order valence-electron chi connectivity index (χ0n) is 9.31. The number of rotatable bonds is 6. The van der Waals surface area contributed by atoms with Gasteiger partial charge in [0.05, 0.1) is 18.1 Å². The van der Waals surface area contributed by atoms with Crippen molar-refractivity contribution in [3.05, 3.63) is 0 Å². The van der Waals surface area contributed by atoms with Gasteiger partial charge >= 0.3 is 0 Å². The summed E-state index contributed by atoms with van der Waals surface area (Å²) >= 11 is 0. The number of sulfone groups is 1. The van der Waals surface area contributed by atoms with Crippen molar-refractivity contribution in [1.29, 1.82) is 0 Å². The normalized spacial score (nSPS) is 27.1. The Hall–Kier alpha value is -0.130. The lowest BCUT2D eigenvalue weighted by Gasteiger charge is -2.14. The van der Waals surface area contributed by atoms with E-state index in [0.717, 1.165) is 19.3 Å². The summed E-state index contributed by atoms with van der Waals surface area (Å²) in [5.74, 6) is 0.794. The highest BCUT2D eigenvalue weighted by atomic mass is 32.2. The van der Waals surface area contributed by atoms with Gasteiger partial charge in [-0.15, -0.1) is 0 Å². The van der Waals surface area contributed by atoms with Crippen LogP contribution >= 0.6 is 0 Å². The van der Waals surface area contributed by atoms with Gasteiger partial charge in [0.15, 0.2) is 9.84 Å². The Morgan fingerprint density at radius 3 is 2.60 bits per heavy atom. The highest BCUT2D eigenvalue weighted by Crippen LogP contribution is 2.27. The first-order valence-corrected chi connectivity index (χ1v) is 7.32. The number of hydrogen-bond donors (Lipinski definition) is 1. The fraction of sp³-hybridized carbons (Fsp3) is 1.00. The van der Waals surface area contributed by atoms with Crippen LogP contribution in [0.1, 0.15) is 25.7 Å². The van der Waals surface area contributed by atoms with Crippen LogP contribution in [0.25, 0.3) is 0 Å². The lowest BCUT2D eigenvalue weighted by atomic mass is 10.0. The van der Waals surface area contributed by atoms with Crippen molar-refractivity contribution in [1.82, 2.24) is 0 Å². The van der Waals surface area contributed by atoms with Crippen molar-refractivity contribution in [2.75, 3.05) is 25.2 Å². The quantitative estimate of drug-likeness (QED) is 0.730. The zero-order valence-corrected chi connectivity index (χ0v) is 10.1. The molecule has 90 valence electrons. The minimum absolute atomic E-state index is 0.130. The predicted molar refractivity (Wildman–Crippen MR) is 60.5 cm³/mol. The summed E-state index contributed by atoms with van der Waals surface area (Å²) in [6.45, 7) is 0.291. The van der Waals surface area contributed by atoms with Gasteiger partial charge < -0.3 is 10.5 Å². The molecule has 0 aromatic carbocycles. The van der Waals surface area contributed by atoms with Gasteiger partial charge in [0.2, 0.25) is 0 Å². The maximum atomic E-state index is 11.5. The van der Waals surface area contributed by atoms with Crippen molar-refractivity contribution >= 4 is 9.84 Å². The van der Waals surface area contributed by atoms with E-state index < -0.39 is 9.84 Å². The average molecular weight is 235 g/mol. The Labute approximate surface area is 92.1 Å². The van der Waals surface area contributed by atoms with Crippen LogP contribution in [0.2, 0.25) is 0 Å². The molecule has 0 bridgehead atoms. The van der Waals surface area contributed by atoms with Gasteiger partial charge in [-0.25, -0.2) is 8.42 Å². The number of methoxy groups -OCH3 is 1. The van der Waals surface area contributed by atoms with Gasteiger partial charge in [-0.1, -0.05) is 6.42 Å². The topological polar surface area (TPSA) is 69.4 Å². The molecule has 1 rings (SSSR count). The van der Waals surface area contributed by atoms with Gasteiger partial charge in [0.25, 0.3) is 0 Å². The Kier molecular flexibility index (Phi) is 5.02. The van der Waals surface area contributed by atoms with E-state index in [-0.39, 0.29) is 17.5 Å². The zero-order chi connectivity index (χ0) is 11.3. The first-order chi connectivity index (χ1) is 7.05. The fourth-order valence-corrected chi connectivity index (χ4v) is 3.35. The smallest absolute Gasteiger partial charge is 0.152 e. The lowest BCUT2D eigenvalue weighted by molar-refractivity contribution is 0.217. The molecule has 0 saturated heterocycles. The van der Waals surface area contributed by atoms with Crippen LogP contribution < -0.4 is 5.73 Å². The minimum Gasteiger partial charge on any atom is -0.384 e. The number of hydrogen-bond acceptors (Lipinski definition) is 4. The first kappa shape index (κ1) is 12.9. The summed E-state index contributed by atoms with van der Waals surface area (Å²) < 4.78 is 27.8. The molecule has 0 aliphatic heterocycles. The molecule has 0 heterocycles. The van der Waals surface area contributed by atoms with E-state index in [0.29, 0.717) is 18.9 Å². The third kappa shape index (κ3) is 4.49. The summed E-state index contributed by atoms with van der Waals surface area (Å²) in [4.78, 5) is 0. The van der Waals surface area contributed by atoms with Gasteiger partial charge in [0.1, 0.15) is 0 Å². The predicted octanol–water partition coefficient (Wildman–Crippen LogP) is 0.565. The van der Waals surface area contributed by atoms with Crippen LogP contribution in [0.5, 0.6) is 0 Å². The molecule has 0 amide bonds. The maximum Gasteiger partial charge on any atom is 0.152 e. The molecule has 2 unspecified atom stereocenters. The van der Waals surface area contributed by atoms with E-state index in [4.69, 9.17) is 10.5 Å². The summed E-state index contributed by atoms with van der Waals surface area (Å²) in [6.07, 6.45) is 3.99. The minimum atomic E-state index is -2.94. The molecule has 1 aliphatic carbocycles. The monoisotopic (exact) mass is 235 g/mol. The molecular formula is C10H21NO3S. The third-order valence-electron chi connectivity index (χ3n) is 3.12. The highest BCUT2D eigenvalue weighted by molar-refractivity contribution is 7.91. The summed E-state index contributed by atoms with van der Waals surface area (Å²) in [6, 6.07) is 0.211. The van der Waals surface area contributed by atoms with Gasteiger partial charge in [0, 0.05) is 13.2 Å². The first-order valence-electron chi connectivity index (χ1n) is 5.50. The van der Waals surface area contributed by atoms with Crippen LogP contribution in [0.3, 0.4) is 0 Å². The highest BCUT2D eigenvalue weighted by Gasteiger charge is 2.25.